The number of carbonyl (C=O) groups is 1. The molecule has 0 radical (unpaired) electrons. The first-order valence-electron chi connectivity index (χ1n) is 5.25. The van der Waals surface area contributed by atoms with Crippen molar-refractivity contribution in [2.75, 3.05) is 13.6 Å². The monoisotopic (exact) mass is 320 g/mol. The zero-order chi connectivity index (χ0) is 12.1. The van der Waals surface area contributed by atoms with Crippen LogP contribution >= 0.6 is 28.3 Å². The second-order valence-corrected chi connectivity index (χ2v) is 4.84. The highest BCUT2D eigenvalue weighted by molar-refractivity contribution is 9.10. The summed E-state index contributed by atoms with van der Waals surface area (Å²) in [5, 5.41) is 0. The Morgan fingerprint density at radius 2 is 1.94 bits per heavy atom. The van der Waals surface area contributed by atoms with Gasteiger partial charge in [-0.05, 0) is 31.0 Å². The molecule has 1 amide bonds. The molecule has 17 heavy (non-hydrogen) atoms. The maximum Gasteiger partial charge on any atom is 0.238 e. The molecule has 0 saturated heterocycles. The number of hydrogen-bond donors (Lipinski definition) is 1. The Labute approximate surface area is 117 Å². The van der Waals surface area contributed by atoms with Gasteiger partial charge in [0.25, 0.3) is 0 Å². The number of benzene rings is 1. The maximum atomic E-state index is 11.5. The van der Waals surface area contributed by atoms with Crippen molar-refractivity contribution in [3.05, 3.63) is 34.3 Å². The molecule has 0 fully saturated rings. The summed E-state index contributed by atoms with van der Waals surface area (Å²) in [7, 11) is 1.78. The van der Waals surface area contributed by atoms with Gasteiger partial charge in [-0.3, -0.25) is 4.79 Å². The third kappa shape index (κ3) is 5.52. The van der Waals surface area contributed by atoms with Gasteiger partial charge in [-0.25, -0.2) is 0 Å². The number of hydrogen-bond acceptors (Lipinski definition) is 2. The number of carbonyl (C=O) groups excluding carboxylic acids is 1. The normalized spacial score (nSPS) is 11.5. The summed E-state index contributed by atoms with van der Waals surface area (Å²) in [5.41, 5.74) is 6.74. The largest absolute Gasteiger partial charge is 0.344 e. The lowest BCUT2D eigenvalue weighted by Crippen LogP contribution is -2.40. The predicted octanol–water partition coefficient (Wildman–Crippen LogP) is 2.22. The van der Waals surface area contributed by atoms with E-state index in [2.05, 4.69) is 15.9 Å². The van der Waals surface area contributed by atoms with Crippen LogP contribution in [0.3, 0.4) is 0 Å². The van der Waals surface area contributed by atoms with E-state index in [0.29, 0.717) is 6.54 Å². The van der Waals surface area contributed by atoms with Gasteiger partial charge in [0.15, 0.2) is 0 Å². The van der Waals surface area contributed by atoms with Gasteiger partial charge in [-0.2, -0.15) is 0 Å². The van der Waals surface area contributed by atoms with Crippen molar-refractivity contribution in [3.8, 4) is 0 Å². The summed E-state index contributed by atoms with van der Waals surface area (Å²) in [5.74, 6) is -0.0166. The van der Waals surface area contributed by atoms with Gasteiger partial charge in [-0.15, -0.1) is 12.4 Å². The summed E-state index contributed by atoms with van der Waals surface area (Å²) in [6.07, 6.45) is 0.849. The van der Waals surface area contributed by atoms with E-state index in [4.69, 9.17) is 5.73 Å². The highest BCUT2D eigenvalue weighted by Gasteiger charge is 2.12. The quantitative estimate of drug-likeness (QED) is 0.924. The zero-order valence-electron chi connectivity index (χ0n) is 10.0. The van der Waals surface area contributed by atoms with Crippen molar-refractivity contribution in [1.82, 2.24) is 4.90 Å². The van der Waals surface area contributed by atoms with Gasteiger partial charge >= 0.3 is 0 Å². The molecule has 0 saturated carbocycles. The van der Waals surface area contributed by atoms with Crippen LogP contribution < -0.4 is 5.73 Å². The molecule has 0 aliphatic heterocycles. The van der Waals surface area contributed by atoms with Crippen molar-refractivity contribution in [1.29, 1.82) is 0 Å². The fourth-order valence-electron chi connectivity index (χ4n) is 1.41. The minimum absolute atomic E-state index is 0. The Hall–Kier alpha value is -0.580. The Kier molecular flexibility index (Phi) is 7.43. The van der Waals surface area contributed by atoms with Crippen molar-refractivity contribution in [2.24, 2.45) is 5.73 Å². The van der Waals surface area contributed by atoms with E-state index in [0.717, 1.165) is 10.9 Å². The van der Waals surface area contributed by atoms with Crippen LogP contribution in [0.4, 0.5) is 0 Å². The highest BCUT2D eigenvalue weighted by Crippen LogP contribution is 2.11. The molecule has 0 spiro atoms. The van der Waals surface area contributed by atoms with E-state index in [9.17, 15) is 4.79 Å². The molecule has 1 aromatic rings. The van der Waals surface area contributed by atoms with Gasteiger partial charge in [0, 0.05) is 18.1 Å². The third-order valence-corrected chi connectivity index (χ3v) is 2.94. The number of likely N-dealkylation sites (N-methyl/N-ethyl adjacent to an activating group) is 1. The van der Waals surface area contributed by atoms with Crippen molar-refractivity contribution < 1.29 is 4.79 Å². The molecule has 0 bridgehead atoms. The molecule has 0 aliphatic carbocycles. The molecule has 3 nitrogen and oxygen atoms in total. The number of nitrogens with zero attached hydrogens (tertiary/aromatic N) is 1. The number of amides is 1. The summed E-state index contributed by atoms with van der Waals surface area (Å²) in [6.45, 7) is 2.40. The molecular weight excluding hydrogens is 304 g/mol. The molecule has 2 N–H and O–H groups in total. The van der Waals surface area contributed by atoms with Crippen LogP contribution in [0.2, 0.25) is 0 Å². The molecule has 0 unspecified atom stereocenters. The maximum absolute atomic E-state index is 11.5. The highest BCUT2D eigenvalue weighted by atomic mass is 79.9. The van der Waals surface area contributed by atoms with Crippen LogP contribution in [0, 0.1) is 0 Å². The van der Waals surface area contributed by atoms with E-state index in [1.54, 1.807) is 18.9 Å². The fraction of sp³-hybridized carbons (Fsp3) is 0.417. The lowest BCUT2D eigenvalue weighted by molar-refractivity contribution is -0.130. The van der Waals surface area contributed by atoms with Crippen LogP contribution in [-0.2, 0) is 11.2 Å². The number of halogens is 2. The first kappa shape index (κ1) is 16.4. The second-order valence-electron chi connectivity index (χ2n) is 3.92. The molecule has 1 aromatic carbocycles. The average molecular weight is 322 g/mol. The van der Waals surface area contributed by atoms with Gasteiger partial charge in [0.2, 0.25) is 5.91 Å². The van der Waals surface area contributed by atoms with Crippen molar-refractivity contribution >= 4 is 34.2 Å². The van der Waals surface area contributed by atoms with E-state index in [1.165, 1.54) is 5.56 Å². The molecule has 96 valence electrons. The smallest absolute Gasteiger partial charge is 0.238 e. The summed E-state index contributed by atoms with van der Waals surface area (Å²) in [4.78, 5) is 13.2. The van der Waals surface area contributed by atoms with Crippen LogP contribution in [0.5, 0.6) is 0 Å². The first-order valence-corrected chi connectivity index (χ1v) is 6.05. The molecule has 0 aromatic heterocycles. The topological polar surface area (TPSA) is 46.3 Å². The molecule has 0 aliphatic rings. The Morgan fingerprint density at radius 3 is 2.41 bits per heavy atom. The second kappa shape index (κ2) is 7.69. The van der Waals surface area contributed by atoms with Crippen LogP contribution in [0.15, 0.2) is 28.7 Å². The molecule has 1 atom stereocenters. The first-order chi connectivity index (χ1) is 7.50. The van der Waals surface area contributed by atoms with Gasteiger partial charge < -0.3 is 10.6 Å². The zero-order valence-corrected chi connectivity index (χ0v) is 12.4. The SMILES string of the molecule is C[C@@H](N)C(=O)N(C)CCc1ccc(Br)cc1.Cl. The Morgan fingerprint density at radius 1 is 1.41 bits per heavy atom. The minimum Gasteiger partial charge on any atom is -0.344 e. The van der Waals surface area contributed by atoms with Crippen molar-refractivity contribution in [2.45, 2.75) is 19.4 Å². The van der Waals surface area contributed by atoms with E-state index < -0.39 is 6.04 Å². The number of rotatable bonds is 4. The molecule has 1 rings (SSSR count). The predicted molar refractivity (Wildman–Crippen MR) is 76.4 cm³/mol. The molecule has 5 heteroatoms. The fourth-order valence-corrected chi connectivity index (χ4v) is 1.67. The summed E-state index contributed by atoms with van der Waals surface area (Å²) < 4.78 is 1.07. The molecule has 0 heterocycles. The van der Waals surface area contributed by atoms with E-state index >= 15 is 0 Å². The lowest BCUT2D eigenvalue weighted by Gasteiger charge is -2.19. The molecular formula is C12H18BrClN2O. The average Bonchev–Trinajstić information content (AvgIpc) is 2.26. The van der Waals surface area contributed by atoms with E-state index in [1.807, 2.05) is 24.3 Å². The van der Waals surface area contributed by atoms with Crippen LogP contribution in [0.1, 0.15) is 12.5 Å². The summed E-state index contributed by atoms with van der Waals surface area (Å²) >= 11 is 3.39. The van der Waals surface area contributed by atoms with Crippen LogP contribution in [0.25, 0.3) is 0 Å². The third-order valence-electron chi connectivity index (χ3n) is 2.41. The number of nitrogens with two attached hydrogens (primary N) is 1. The summed E-state index contributed by atoms with van der Waals surface area (Å²) in [6, 6.07) is 7.68. The Bertz CT molecular complexity index is 354. The standard InChI is InChI=1S/C12H17BrN2O.ClH/c1-9(14)12(16)15(2)8-7-10-3-5-11(13)6-4-10;/h3-6,9H,7-8,14H2,1-2H3;1H/t9-;/m1./s1. The van der Waals surface area contributed by atoms with Gasteiger partial charge in [-0.1, -0.05) is 28.1 Å². The minimum atomic E-state index is -0.421. The van der Waals surface area contributed by atoms with Crippen LogP contribution in [-0.4, -0.2) is 30.4 Å². The van der Waals surface area contributed by atoms with Gasteiger partial charge in [0.1, 0.15) is 0 Å². The Balaban J connectivity index is 0.00000256. The van der Waals surface area contributed by atoms with Gasteiger partial charge in [0.05, 0.1) is 6.04 Å². The van der Waals surface area contributed by atoms with Crippen molar-refractivity contribution in [3.63, 3.8) is 0 Å². The van der Waals surface area contributed by atoms with E-state index in [-0.39, 0.29) is 18.3 Å². The lowest BCUT2D eigenvalue weighted by atomic mass is 10.1.